The number of amides is 2. The molecule has 3 N–H and O–H groups in total. The molecule has 0 radical (unpaired) electrons. The Kier molecular flexibility index (Phi) is 5.01. The van der Waals surface area contributed by atoms with Gasteiger partial charge < -0.3 is 15.8 Å². The summed E-state index contributed by atoms with van der Waals surface area (Å²) >= 11 is 5.33. The summed E-state index contributed by atoms with van der Waals surface area (Å²) in [6, 6.07) is 0. The fourth-order valence-electron chi connectivity index (χ4n) is 6.75. The highest BCUT2D eigenvalue weighted by Crippen LogP contribution is 2.64. The van der Waals surface area contributed by atoms with Crippen LogP contribution in [0.1, 0.15) is 72.2 Å². The number of thiophene rings is 1. The molecule has 2 unspecified atom stereocenters. The van der Waals surface area contributed by atoms with Crippen molar-refractivity contribution < 1.29 is 19.1 Å². The monoisotopic (exact) mass is 494 g/mol. The van der Waals surface area contributed by atoms with E-state index in [1.165, 1.54) is 17.8 Å². The number of fused-ring (bicyclic) bond motifs is 1. The third kappa shape index (κ3) is 3.49. The molecule has 30 heavy (non-hydrogen) atoms. The van der Waals surface area contributed by atoms with Crippen molar-refractivity contribution in [1.29, 1.82) is 0 Å². The van der Waals surface area contributed by atoms with E-state index in [4.69, 9.17) is 10.5 Å². The Hall–Kier alpha value is -1.41. The predicted octanol–water partition coefficient (Wildman–Crippen LogP) is 3.94. The first-order valence-corrected chi connectivity index (χ1v) is 12.5. The number of carbonyl (C=O) groups excluding carboxylic acids is 3. The van der Waals surface area contributed by atoms with Gasteiger partial charge in [-0.2, -0.15) is 0 Å². The number of rotatable bonds is 5. The summed E-state index contributed by atoms with van der Waals surface area (Å²) in [4.78, 5) is 38.7. The van der Waals surface area contributed by atoms with Gasteiger partial charge in [-0.25, -0.2) is 0 Å². The number of nitrogens with one attached hydrogen (secondary N) is 1. The summed E-state index contributed by atoms with van der Waals surface area (Å²) in [5.41, 5.74) is 6.54. The van der Waals surface area contributed by atoms with Crippen LogP contribution in [0.5, 0.6) is 0 Å². The molecular weight excluding hydrogens is 468 g/mol. The molecule has 4 fully saturated rings. The number of alkyl halides is 1. The summed E-state index contributed by atoms with van der Waals surface area (Å²) in [5.74, 6) is -0.0260. The first-order valence-electron chi connectivity index (χ1n) is 10.9. The van der Waals surface area contributed by atoms with Crippen LogP contribution in [0.2, 0.25) is 0 Å². The van der Waals surface area contributed by atoms with Crippen molar-refractivity contribution in [3.8, 4) is 0 Å². The molecule has 0 aliphatic heterocycles. The number of halogens is 1. The Labute approximate surface area is 188 Å². The number of nitrogens with two attached hydrogens (primary N) is 1. The third-order valence-electron chi connectivity index (χ3n) is 7.43. The van der Waals surface area contributed by atoms with Crippen LogP contribution in [0.3, 0.4) is 0 Å². The zero-order valence-electron chi connectivity index (χ0n) is 16.9. The first-order chi connectivity index (χ1) is 14.3. The molecule has 0 spiro atoms. The molecule has 2 atom stereocenters. The average Bonchev–Trinajstić information content (AvgIpc) is 3.02. The van der Waals surface area contributed by atoms with Crippen molar-refractivity contribution in [3.63, 3.8) is 0 Å². The minimum absolute atomic E-state index is 0.0603. The molecule has 4 bridgehead atoms. The molecule has 162 valence electrons. The molecule has 0 saturated heterocycles. The van der Waals surface area contributed by atoms with Crippen LogP contribution in [0, 0.1) is 17.3 Å². The van der Waals surface area contributed by atoms with Crippen LogP contribution in [-0.2, 0) is 27.2 Å². The lowest BCUT2D eigenvalue weighted by atomic mass is 9.49. The number of aryl methyl sites for hydroxylation is 1. The van der Waals surface area contributed by atoms with E-state index in [9.17, 15) is 14.4 Å². The number of anilines is 1. The summed E-state index contributed by atoms with van der Waals surface area (Å²) in [7, 11) is 0. The van der Waals surface area contributed by atoms with Gasteiger partial charge in [-0.3, -0.25) is 14.4 Å². The Morgan fingerprint density at radius 3 is 2.50 bits per heavy atom. The van der Waals surface area contributed by atoms with Crippen molar-refractivity contribution >= 4 is 50.1 Å². The molecule has 5 aliphatic carbocycles. The summed E-state index contributed by atoms with van der Waals surface area (Å²) < 4.78 is 5.59. The highest BCUT2D eigenvalue weighted by Gasteiger charge is 2.60. The number of ether oxygens (including phenoxy) is 1. The van der Waals surface area contributed by atoms with E-state index in [1.807, 2.05) is 0 Å². The normalized spacial score (nSPS) is 33.8. The standard InChI is InChI=1S/C22H27BrN2O4S/c23-22-8-12-5-13(9-22)7-21(6-12,11-22)20(28)29-10-16(26)25-19-17(18(24)27)14-3-1-2-4-15(14)30-19/h12-13H,1-11H2,(H2,24,27)(H,25,26). The largest absolute Gasteiger partial charge is 0.455 e. The minimum Gasteiger partial charge on any atom is -0.455 e. The van der Waals surface area contributed by atoms with Gasteiger partial charge in [0.05, 0.1) is 11.0 Å². The van der Waals surface area contributed by atoms with Gasteiger partial charge in [-0.05, 0) is 81.6 Å². The molecule has 2 amide bonds. The second kappa shape index (κ2) is 7.33. The Bertz CT molecular complexity index is 912. The minimum atomic E-state index is -0.516. The average molecular weight is 495 g/mol. The zero-order valence-corrected chi connectivity index (χ0v) is 19.3. The van der Waals surface area contributed by atoms with Crippen molar-refractivity contribution in [2.75, 3.05) is 11.9 Å². The van der Waals surface area contributed by atoms with Gasteiger partial charge in [-0.1, -0.05) is 15.9 Å². The smallest absolute Gasteiger partial charge is 0.312 e. The highest BCUT2D eigenvalue weighted by atomic mass is 79.9. The maximum absolute atomic E-state index is 13.0. The molecule has 1 aromatic rings. The molecule has 4 saturated carbocycles. The third-order valence-corrected chi connectivity index (χ3v) is 9.56. The molecule has 0 aromatic carbocycles. The molecule has 1 aromatic heterocycles. The van der Waals surface area contributed by atoms with Crippen LogP contribution in [0.15, 0.2) is 0 Å². The van der Waals surface area contributed by atoms with E-state index in [1.54, 1.807) is 0 Å². The molecule has 6 rings (SSSR count). The Balaban J connectivity index is 1.25. The Morgan fingerprint density at radius 1 is 1.13 bits per heavy atom. The molecule has 8 heteroatoms. The lowest BCUT2D eigenvalue weighted by Crippen LogP contribution is -2.56. The quantitative estimate of drug-likeness (QED) is 0.478. The number of primary amides is 1. The fraction of sp³-hybridized carbons (Fsp3) is 0.682. The van der Waals surface area contributed by atoms with Crippen LogP contribution in [0.25, 0.3) is 0 Å². The summed E-state index contributed by atoms with van der Waals surface area (Å²) in [6.07, 6.45) is 9.86. The number of hydrogen-bond acceptors (Lipinski definition) is 5. The Morgan fingerprint density at radius 2 is 1.83 bits per heavy atom. The number of esters is 1. The lowest BCUT2D eigenvalue weighted by molar-refractivity contribution is -0.170. The first kappa shape index (κ1) is 20.5. The van der Waals surface area contributed by atoms with E-state index in [2.05, 4.69) is 21.2 Å². The van der Waals surface area contributed by atoms with Crippen LogP contribution < -0.4 is 11.1 Å². The molecule has 6 nitrogen and oxygen atoms in total. The predicted molar refractivity (Wildman–Crippen MR) is 118 cm³/mol. The number of hydrogen-bond donors (Lipinski definition) is 2. The van der Waals surface area contributed by atoms with E-state index >= 15 is 0 Å². The van der Waals surface area contributed by atoms with Crippen molar-refractivity contribution in [2.24, 2.45) is 23.0 Å². The van der Waals surface area contributed by atoms with Crippen LogP contribution in [0.4, 0.5) is 5.00 Å². The van der Waals surface area contributed by atoms with Crippen molar-refractivity contribution in [3.05, 3.63) is 16.0 Å². The van der Waals surface area contributed by atoms with Crippen LogP contribution in [-0.4, -0.2) is 28.7 Å². The maximum atomic E-state index is 13.0. The van der Waals surface area contributed by atoms with Gasteiger partial charge in [0, 0.05) is 9.20 Å². The van der Waals surface area contributed by atoms with Crippen molar-refractivity contribution in [2.45, 2.75) is 68.5 Å². The van der Waals surface area contributed by atoms with E-state index in [-0.39, 0.29) is 16.9 Å². The molecular formula is C22H27BrN2O4S. The van der Waals surface area contributed by atoms with E-state index in [0.717, 1.165) is 68.2 Å². The highest BCUT2D eigenvalue weighted by molar-refractivity contribution is 9.10. The fourth-order valence-corrected chi connectivity index (χ4v) is 9.51. The van der Waals surface area contributed by atoms with E-state index in [0.29, 0.717) is 22.4 Å². The van der Waals surface area contributed by atoms with Crippen LogP contribution >= 0.6 is 27.3 Å². The lowest BCUT2D eigenvalue weighted by Gasteiger charge is -2.58. The molecule has 5 aliphatic rings. The second-order valence-electron chi connectivity index (χ2n) is 9.80. The van der Waals surface area contributed by atoms with Gasteiger partial charge in [0.1, 0.15) is 5.00 Å². The van der Waals surface area contributed by atoms with Gasteiger partial charge in [-0.15, -0.1) is 11.3 Å². The SMILES string of the molecule is NC(=O)c1c(NC(=O)COC(=O)C23CC4CC(CC(Br)(C4)C2)C3)sc2c1CCCC2. The van der Waals surface area contributed by atoms with Crippen molar-refractivity contribution in [1.82, 2.24) is 0 Å². The zero-order chi connectivity index (χ0) is 21.1. The van der Waals surface area contributed by atoms with Gasteiger partial charge in [0.15, 0.2) is 6.61 Å². The molecule has 1 heterocycles. The summed E-state index contributed by atoms with van der Waals surface area (Å²) in [5, 5.41) is 3.27. The topological polar surface area (TPSA) is 98.5 Å². The van der Waals surface area contributed by atoms with Gasteiger partial charge in [0.2, 0.25) is 0 Å². The van der Waals surface area contributed by atoms with Gasteiger partial charge in [0.25, 0.3) is 11.8 Å². The van der Waals surface area contributed by atoms with E-state index < -0.39 is 17.2 Å². The summed E-state index contributed by atoms with van der Waals surface area (Å²) in [6.45, 7) is -0.327. The maximum Gasteiger partial charge on any atom is 0.312 e. The number of carbonyl (C=O) groups is 3. The van der Waals surface area contributed by atoms with Gasteiger partial charge >= 0.3 is 5.97 Å². The second-order valence-corrected chi connectivity index (χ2v) is 12.6.